The minimum absolute atomic E-state index is 0.00848. The van der Waals surface area contributed by atoms with Crippen LogP contribution < -0.4 is 19.1 Å². The van der Waals surface area contributed by atoms with Crippen LogP contribution in [0.5, 0.6) is 17.4 Å². The summed E-state index contributed by atoms with van der Waals surface area (Å²) in [4.78, 5) is 17.5. The summed E-state index contributed by atoms with van der Waals surface area (Å²) in [5.41, 5.74) is -0.279. The third kappa shape index (κ3) is 2.79. The number of benzene rings is 1. The Balaban J connectivity index is 1.72. The first kappa shape index (κ1) is 16.5. The van der Waals surface area contributed by atoms with Crippen LogP contribution in [0, 0.1) is 0 Å². The fourth-order valence-corrected chi connectivity index (χ4v) is 2.82. The summed E-state index contributed by atoms with van der Waals surface area (Å²) in [5, 5.41) is 0. The van der Waals surface area contributed by atoms with E-state index in [1.54, 1.807) is 18.2 Å². The highest BCUT2D eigenvalue weighted by molar-refractivity contribution is 5.99. The first-order chi connectivity index (χ1) is 12.3. The number of rotatable bonds is 2. The fraction of sp³-hybridized carbons (Fsp3) is 0.294. The Bertz CT molecular complexity index is 885. The number of halogens is 3. The average Bonchev–Trinajstić information content (AvgIpc) is 3.05. The van der Waals surface area contributed by atoms with Gasteiger partial charge in [0.2, 0.25) is 12.7 Å². The third-order valence-electron chi connectivity index (χ3n) is 4.13. The fourth-order valence-electron chi connectivity index (χ4n) is 2.82. The molecule has 6 nitrogen and oxygen atoms in total. The van der Waals surface area contributed by atoms with Gasteiger partial charge in [0, 0.05) is 6.20 Å². The second-order valence-corrected chi connectivity index (χ2v) is 5.92. The summed E-state index contributed by atoms with van der Waals surface area (Å²) < 4.78 is 54.9. The van der Waals surface area contributed by atoms with Gasteiger partial charge in [-0.1, -0.05) is 6.07 Å². The molecule has 1 unspecified atom stereocenters. The van der Waals surface area contributed by atoms with Crippen LogP contribution in [0.1, 0.15) is 18.1 Å². The normalized spacial score (nSPS) is 18.5. The monoisotopic (exact) mass is 366 g/mol. The van der Waals surface area contributed by atoms with Crippen molar-refractivity contribution in [3.63, 3.8) is 0 Å². The van der Waals surface area contributed by atoms with Crippen molar-refractivity contribution in [1.82, 2.24) is 4.98 Å². The largest absolute Gasteiger partial charge is 0.463 e. The van der Waals surface area contributed by atoms with Gasteiger partial charge in [0.05, 0.1) is 12.1 Å². The maximum absolute atomic E-state index is 13.0. The Labute approximate surface area is 146 Å². The van der Waals surface area contributed by atoms with Crippen molar-refractivity contribution < 1.29 is 32.2 Å². The van der Waals surface area contributed by atoms with Crippen LogP contribution in [-0.4, -0.2) is 23.8 Å². The molecule has 1 atom stereocenters. The molecule has 0 fully saturated rings. The lowest BCUT2D eigenvalue weighted by Gasteiger charge is -2.32. The Kier molecular flexibility index (Phi) is 3.67. The third-order valence-corrected chi connectivity index (χ3v) is 4.13. The molecule has 0 saturated carbocycles. The number of alkyl halides is 3. The van der Waals surface area contributed by atoms with E-state index in [4.69, 9.17) is 14.2 Å². The zero-order valence-electron chi connectivity index (χ0n) is 13.5. The number of carbonyl (C=O) groups excluding carboxylic acids is 1. The number of ether oxygens (including phenoxy) is 3. The zero-order chi connectivity index (χ0) is 18.5. The molecular weight excluding hydrogens is 353 g/mol. The number of carbonyl (C=O) groups is 1. The van der Waals surface area contributed by atoms with E-state index in [0.29, 0.717) is 23.3 Å². The van der Waals surface area contributed by atoms with Gasteiger partial charge in [-0.25, -0.2) is 4.98 Å². The van der Waals surface area contributed by atoms with Gasteiger partial charge < -0.3 is 14.2 Å². The number of fused-ring (bicyclic) bond motifs is 2. The molecule has 2 aliphatic rings. The van der Waals surface area contributed by atoms with Crippen LogP contribution in [0.3, 0.4) is 0 Å². The molecular formula is C17H13F3N2O4. The molecule has 2 aliphatic heterocycles. The Hall–Kier alpha value is -2.97. The first-order valence-electron chi connectivity index (χ1n) is 7.77. The molecule has 0 saturated heterocycles. The number of amides is 1. The summed E-state index contributed by atoms with van der Waals surface area (Å²) in [6.07, 6.45) is -4.72. The Morgan fingerprint density at radius 3 is 2.77 bits per heavy atom. The van der Waals surface area contributed by atoms with Gasteiger partial charge in [0.1, 0.15) is 5.69 Å². The Morgan fingerprint density at radius 2 is 2.00 bits per heavy atom. The lowest BCUT2D eigenvalue weighted by Crippen LogP contribution is -2.44. The summed E-state index contributed by atoms with van der Waals surface area (Å²) in [7, 11) is 0. The molecule has 1 amide bonds. The predicted molar refractivity (Wildman–Crippen MR) is 83.1 cm³/mol. The molecule has 1 aromatic heterocycles. The van der Waals surface area contributed by atoms with E-state index >= 15 is 0 Å². The van der Waals surface area contributed by atoms with Crippen LogP contribution >= 0.6 is 0 Å². The number of hydrogen-bond donors (Lipinski definition) is 0. The quantitative estimate of drug-likeness (QED) is 0.817. The van der Waals surface area contributed by atoms with Crippen molar-refractivity contribution in [2.24, 2.45) is 0 Å². The van der Waals surface area contributed by atoms with E-state index < -0.39 is 23.8 Å². The molecule has 1 aromatic carbocycles. The highest BCUT2D eigenvalue weighted by Crippen LogP contribution is 2.39. The van der Waals surface area contributed by atoms with E-state index in [2.05, 4.69) is 4.98 Å². The number of aromatic nitrogens is 1. The second-order valence-electron chi connectivity index (χ2n) is 5.92. The summed E-state index contributed by atoms with van der Waals surface area (Å²) in [6.45, 7) is 1.68. The molecule has 2 aromatic rings. The number of pyridine rings is 1. The minimum Gasteiger partial charge on any atom is -0.463 e. The lowest BCUT2D eigenvalue weighted by atomic mass is 10.1. The van der Waals surface area contributed by atoms with E-state index in [-0.39, 0.29) is 24.9 Å². The standard InChI is InChI=1S/C17H13F3N2O4/c1-9-16(23)22(7-10-2-3-13-14(4-10)25-8-24-13)12-5-11(17(18,19)20)6-21-15(12)26-9/h2-6,9H,7-8H2,1H3. The zero-order valence-corrected chi connectivity index (χ0v) is 13.5. The number of anilines is 1. The maximum Gasteiger partial charge on any atom is 0.417 e. The summed E-state index contributed by atoms with van der Waals surface area (Å²) >= 11 is 0. The van der Waals surface area contributed by atoms with E-state index in [9.17, 15) is 18.0 Å². The van der Waals surface area contributed by atoms with Gasteiger partial charge in [0.15, 0.2) is 17.6 Å². The Morgan fingerprint density at radius 1 is 1.23 bits per heavy atom. The van der Waals surface area contributed by atoms with Crippen LogP contribution in [0.15, 0.2) is 30.5 Å². The van der Waals surface area contributed by atoms with Crippen molar-refractivity contribution in [2.45, 2.75) is 25.7 Å². The van der Waals surface area contributed by atoms with E-state index in [1.165, 1.54) is 11.8 Å². The highest BCUT2D eigenvalue weighted by Gasteiger charge is 2.37. The van der Waals surface area contributed by atoms with Crippen molar-refractivity contribution >= 4 is 11.6 Å². The SMILES string of the molecule is CC1Oc2ncc(C(F)(F)F)cc2N(Cc2ccc3c(c2)OCO3)C1=O. The molecule has 26 heavy (non-hydrogen) atoms. The van der Waals surface area contributed by atoms with Crippen molar-refractivity contribution in [2.75, 3.05) is 11.7 Å². The van der Waals surface area contributed by atoms with Gasteiger partial charge in [-0.3, -0.25) is 9.69 Å². The average molecular weight is 366 g/mol. The van der Waals surface area contributed by atoms with Gasteiger partial charge in [-0.05, 0) is 30.7 Å². The molecule has 3 heterocycles. The van der Waals surface area contributed by atoms with Crippen LogP contribution in [0.2, 0.25) is 0 Å². The second kappa shape index (κ2) is 5.79. The van der Waals surface area contributed by atoms with Gasteiger partial charge >= 0.3 is 6.18 Å². The van der Waals surface area contributed by atoms with E-state index in [1.807, 2.05) is 0 Å². The topological polar surface area (TPSA) is 60.9 Å². The summed E-state index contributed by atoms with van der Waals surface area (Å²) in [6, 6.07) is 5.98. The number of hydrogen-bond acceptors (Lipinski definition) is 5. The van der Waals surface area contributed by atoms with Crippen molar-refractivity contribution in [1.29, 1.82) is 0 Å². The van der Waals surface area contributed by atoms with Gasteiger partial charge in [-0.15, -0.1) is 0 Å². The lowest BCUT2D eigenvalue weighted by molar-refractivity contribution is -0.138. The van der Waals surface area contributed by atoms with Crippen LogP contribution in [-0.2, 0) is 17.5 Å². The molecule has 0 bridgehead atoms. The molecule has 4 rings (SSSR count). The maximum atomic E-state index is 13.0. The summed E-state index contributed by atoms with van der Waals surface area (Å²) in [5.74, 6) is 0.651. The molecule has 0 radical (unpaired) electrons. The number of nitrogens with zero attached hydrogens (tertiary/aromatic N) is 2. The van der Waals surface area contributed by atoms with Crippen LogP contribution in [0.25, 0.3) is 0 Å². The van der Waals surface area contributed by atoms with Gasteiger partial charge in [-0.2, -0.15) is 13.2 Å². The molecule has 9 heteroatoms. The van der Waals surface area contributed by atoms with Crippen LogP contribution in [0.4, 0.5) is 18.9 Å². The molecule has 0 aliphatic carbocycles. The smallest absolute Gasteiger partial charge is 0.417 e. The minimum atomic E-state index is -4.57. The molecule has 0 spiro atoms. The highest BCUT2D eigenvalue weighted by atomic mass is 19.4. The predicted octanol–water partition coefficient (Wildman–Crippen LogP) is 3.14. The van der Waals surface area contributed by atoms with E-state index in [0.717, 1.165) is 6.07 Å². The van der Waals surface area contributed by atoms with Crippen molar-refractivity contribution in [3.05, 3.63) is 41.6 Å². The van der Waals surface area contributed by atoms with Gasteiger partial charge in [0.25, 0.3) is 5.91 Å². The molecule has 136 valence electrons. The first-order valence-corrected chi connectivity index (χ1v) is 7.77. The van der Waals surface area contributed by atoms with Crippen molar-refractivity contribution in [3.8, 4) is 17.4 Å². The molecule has 0 N–H and O–H groups in total.